The van der Waals surface area contributed by atoms with E-state index >= 15 is 0 Å². The Bertz CT molecular complexity index is 571. The van der Waals surface area contributed by atoms with Crippen molar-refractivity contribution in [1.29, 1.82) is 0 Å². The number of likely N-dealkylation sites (N-methyl/N-ethyl adjacent to an activating group) is 1. The van der Waals surface area contributed by atoms with E-state index in [0.717, 1.165) is 64.8 Å². The molecule has 172 valence electrons. The fourth-order valence-corrected chi connectivity index (χ4v) is 5.03. The molecule has 8 nitrogen and oxygen atoms in total. The highest BCUT2D eigenvalue weighted by molar-refractivity contribution is 5.85. The van der Waals surface area contributed by atoms with Crippen LogP contribution >= 0.6 is 0 Å². The summed E-state index contributed by atoms with van der Waals surface area (Å²) in [5.41, 5.74) is 0.234. The lowest BCUT2D eigenvalue weighted by atomic mass is 9.60. The minimum absolute atomic E-state index is 0.0146. The van der Waals surface area contributed by atoms with E-state index in [4.69, 9.17) is 9.47 Å². The van der Waals surface area contributed by atoms with Gasteiger partial charge in [-0.3, -0.25) is 9.69 Å². The molecule has 2 saturated carbocycles. The molecular weight excluding hydrogens is 382 g/mol. The number of carbonyl (C=O) groups excluding carboxylic acids is 1. The summed E-state index contributed by atoms with van der Waals surface area (Å²) in [4.78, 5) is 20.7. The first-order valence-corrected chi connectivity index (χ1v) is 11.7. The molecule has 2 aliphatic carbocycles. The number of ether oxygens (including phenoxy) is 2. The summed E-state index contributed by atoms with van der Waals surface area (Å²) in [6, 6.07) is 0.372. The third-order valence-electron chi connectivity index (χ3n) is 6.92. The van der Waals surface area contributed by atoms with Crippen LogP contribution in [0.25, 0.3) is 0 Å². The first-order valence-electron chi connectivity index (χ1n) is 11.7. The van der Waals surface area contributed by atoms with E-state index in [9.17, 15) is 4.79 Å². The average Bonchev–Trinajstić information content (AvgIpc) is 3.27. The number of nitrogens with zero attached hydrogens (tertiary/aromatic N) is 3. The highest BCUT2D eigenvalue weighted by atomic mass is 16.5. The van der Waals surface area contributed by atoms with Crippen molar-refractivity contribution < 1.29 is 14.3 Å². The molecule has 0 bridgehead atoms. The molecule has 2 atom stereocenters. The van der Waals surface area contributed by atoms with Crippen molar-refractivity contribution in [3.8, 4) is 0 Å². The molecule has 0 radical (unpaired) electrons. The van der Waals surface area contributed by atoms with Crippen molar-refractivity contribution in [3.05, 3.63) is 0 Å². The van der Waals surface area contributed by atoms with Crippen LogP contribution in [-0.4, -0.2) is 100 Å². The van der Waals surface area contributed by atoms with Gasteiger partial charge in [-0.2, -0.15) is 0 Å². The van der Waals surface area contributed by atoms with Crippen molar-refractivity contribution >= 4 is 11.9 Å². The van der Waals surface area contributed by atoms with Gasteiger partial charge in [-0.05, 0) is 39.2 Å². The van der Waals surface area contributed by atoms with Gasteiger partial charge >= 0.3 is 0 Å². The molecule has 30 heavy (non-hydrogen) atoms. The second-order valence-electron chi connectivity index (χ2n) is 9.00. The number of rotatable bonds is 9. The van der Waals surface area contributed by atoms with Crippen molar-refractivity contribution in [2.24, 2.45) is 10.4 Å². The number of carbonyl (C=O) groups is 1. The summed E-state index contributed by atoms with van der Waals surface area (Å²) in [5, 5.41) is 7.14. The first kappa shape index (κ1) is 23.3. The summed E-state index contributed by atoms with van der Waals surface area (Å²) >= 11 is 0. The van der Waals surface area contributed by atoms with Crippen molar-refractivity contribution in [1.82, 2.24) is 20.4 Å². The number of morpholine rings is 1. The Kier molecular flexibility index (Phi) is 8.77. The largest absolute Gasteiger partial charge is 0.379 e. The summed E-state index contributed by atoms with van der Waals surface area (Å²) in [7, 11) is 3.54. The Morgan fingerprint density at radius 1 is 1.27 bits per heavy atom. The molecule has 2 unspecified atom stereocenters. The maximum Gasteiger partial charge on any atom is 0.243 e. The van der Waals surface area contributed by atoms with Gasteiger partial charge in [0, 0.05) is 51.8 Å². The summed E-state index contributed by atoms with van der Waals surface area (Å²) in [6.45, 7) is 8.61. The molecule has 8 heteroatoms. The molecule has 1 aliphatic heterocycles. The van der Waals surface area contributed by atoms with Crippen molar-refractivity contribution in [2.45, 2.75) is 57.6 Å². The van der Waals surface area contributed by atoms with E-state index in [1.54, 1.807) is 19.0 Å². The highest BCUT2D eigenvalue weighted by Crippen LogP contribution is 2.54. The third-order valence-corrected chi connectivity index (χ3v) is 6.92. The van der Waals surface area contributed by atoms with Crippen molar-refractivity contribution in [2.75, 3.05) is 66.6 Å². The molecular formula is C22H41N5O3. The first-order chi connectivity index (χ1) is 14.5. The molecule has 0 aromatic carbocycles. The summed E-state index contributed by atoms with van der Waals surface area (Å²) in [6.07, 6.45) is 7.41. The van der Waals surface area contributed by atoms with Gasteiger partial charge in [0.15, 0.2) is 5.96 Å². The summed E-state index contributed by atoms with van der Waals surface area (Å²) in [5.74, 6) is 0.777. The van der Waals surface area contributed by atoms with Gasteiger partial charge in [-0.15, -0.1) is 0 Å². The SMILES string of the molecule is CCOC1CC(NC(=NCC(=O)N(C)C)NCCCN2CCOCC2)C12CCCC2. The van der Waals surface area contributed by atoms with Gasteiger partial charge in [0.2, 0.25) is 5.91 Å². The van der Waals surface area contributed by atoms with Crippen LogP contribution in [0.15, 0.2) is 4.99 Å². The van der Waals surface area contributed by atoms with Crippen molar-refractivity contribution in [3.63, 3.8) is 0 Å². The fraction of sp³-hybridized carbons (Fsp3) is 0.909. The van der Waals surface area contributed by atoms with Crippen LogP contribution in [0.4, 0.5) is 0 Å². The topological polar surface area (TPSA) is 78.4 Å². The van der Waals surface area contributed by atoms with E-state index < -0.39 is 0 Å². The molecule has 2 N–H and O–H groups in total. The number of guanidine groups is 1. The highest BCUT2D eigenvalue weighted by Gasteiger charge is 2.56. The van der Waals surface area contributed by atoms with Gasteiger partial charge in [0.25, 0.3) is 0 Å². The van der Waals surface area contributed by atoms with E-state index in [-0.39, 0.29) is 17.9 Å². The van der Waals surface area contributed by atoms with E-state index in [2.05, 4.69) is 27.4 Å². The van der Waals surface area contributed by atoms with Crippen LogP contribution in [-0.2, 0) is 14.3 Å². The minimum atomic E-state index is 0.0146. The van der Waals surface area contributed by atoms with Gasteiger partial charge in [-0.1, -0.05) is 12.8 Å². The van der Waals surface area contributed by atoms with E-state index in [1.807, 2.05) is 0 Å². The zero-order chi connectivity index (χ0) is 21.4. The van der Waals surface area contributed by atoms with Gasteiger partial charge < -0.3 is 25.0 Å². The van der Waals surface area contributed by atoms with E-state index in [0.29, 0.717) is 12.1 Å². The lowest BCUT2D eigenvalue weighted by Gasteiger charge is -2.54. The predicted molar refractivity (Wildman–Crippen MR) is 119 cm³/mol. The molecule has 1 spiro atoms. The predicted octanol–water partition coefficient (Wildman–Crippen LogP) is 1.07. The average molecular weight is 424 g/mol. The Labute approximate surface area is 181 Å². The Hall–Kier alpha value is -1.38. The molecule has 1 heterocycles. The van der Waals surface area contributed by atoms with Crippen LogP contribution in [0.3, 0.4) is 0 Å². The number of nitrogens with one attached hydrogen (secondary N) is 2. The maximum absolute atomic E-state index is 12.1. The minimum Gasteiger partial charge on any atom is -0.379 e. The van der Waals surface area contributed by atoms with Crippen LogP contribution in [0.2, 0.25) is 0 Å². The number of aliphatic imine (C=N–C) groups is 1. The number of hydrogen-bond donors (Lipinski definition) is 2. The molecule has 3 rings (SSSR count). The zero-order valence-corrected chi connectivity index (χ0v) is 19.1. The zero-order valence-electron chi connectivity index (χ0n) is 19.1. The quantitative estimate of drug-likeness (QED) is 0.328. The van der Waals surface area contributed by atoms with Crippen LogP contribution < -0.4 is 10.6 Å². The molecule has 3 fully saturated rings. The fourth-order valence-electron chi connectivity index (χ4n) is 5.03. The second kappa shape index (κ2) is 11.3. The van der Waals surface area contributed by atoms with Gasteiger partial charge in [0.05, 0.1) is 19.3 Å². The standard InChI is InChI=1S/C22H41N5O3/c1-4-30-19-16-18(22(19)8-5-6-9-22)25-21(24-17-20(28)26(2)3)23-10-7-11-27-12-14-29-15-13-27/h18-19H,4-17H2,1-3H3,(H2,23,24,25). The third kappa shape index (κ3) is 5.86. The Morgan fingerprint density at radius 3 is 2.67 bits per heavy atom. The second-order valence-corrected chi connectivity index (χ2v) is 9.00. The summed E-state index contributed by atoms with van der Waals surface area (Å²) < 4.78 is 11.5. The molecule has 3 aliphatic rings. The molecule has 1 saturated heterocycles. The number of hydrogen-bond acceptors (Lipinski definition) is 5. The Balaban J connectivity index is 1.54. The van der Waals surface area contributed by atoms with Gasteiger partial charge in [0.1, 0.15) is 6.54 Å². The maximum atomic E-state index is 12.1. The molecule has 0 aromatic rings. The van der Waals surface area contributed by atoms with E-state index in [1.165, 1.54) is 25.7 Å². The molecule has 1 amide bonds. The molecule has 0 aromatic heterocycles. The normalized spacial score (nSPS) is 26.4. The van der Waals surface area contributed by atoms with Crippen LogP contribution in [0.1, 0.15) is 45.4 Å². The lowest BCUT2D eigenvalue weighted by Crippen LogP contribution is -2.65. The lowest BCUT2D eigenvalue weighted by molar-refractivity contribution is -0.127. The monoisotopic (exact) mass is 423 g/mol. The van der Waals surface area contributed by atoms with Crippen LogP contribution in [0.5, 0.6) is 0 Å². The van der Waals surface area contributed by atoms with Crippen LogP contribution in [0, 0.1) is 5.41 Å². The van der Waals surface area contributed by atoms with Gasteiger partial charge in [-0.25, -0.2) is 4.99 Å². The smallest absolute Gasteiger partial charge is 0.243 e. The Morgan fingerprint density at radius 2 is 2.00 bits per heavy atom. The number of amides is 1.